The van der Waals surface area contributed by atoms with Gasteiger partial charge < -0.3 is 15.5 Å². The highest BCUT2D eigenvalue weighted by Gasteiger charge is 2.38. The topological polar surface area (TPSA) is 91.6 Å². The lowest BCUT2D eigenvalue weighted by Gasteiger charge is -2.33. The summed E-state index contributed by atoms with van der Waals surface area (Å²) in [6.45, 7) is 1.07. The molecule has 0 saturated carbocycles. The molecule has 0 radical (unpaired) electrons. The fraction of sp³-hybridized carbons (Fsp3) is 0.308. The summed E-state index contributed by atoms with van der Waals surface area (Å²) in [5, 5.41) is 10.9. The molecule has 2 aliphatic rings. The highest BCUT2D eigenvalue weighted by Crippen LogP contribution is 2.38. The van der Waals surface area contributed by atoms with Crippen molar-refractivity contribution >= 4 is 45.7 Å². The Labute approximate surface area is 233 Å². The second kappa shape index (κ2) is 10.9. The molecule has 0 bridgehead atoms. The first-order valence-electron chi connectivity index (χ1n) is 12.3. The standard InChI is InChI=1S/C26H22F6N6O2S/c1-33-22(39)19-13-37(7-6-34-19)24-36-23(40)21(41-24)9-14-2-5-20-16(8-14)11-35-38(20)12-15-3-4-17(25(27,28)29)10-18(15)26(30,31)32/h2-5,8-11,19,34H,6-7,12-13H2,1H3,(H,33,39)/b21-9+/t19-/m1/s1. The van der Waals surface area contributed by atoms with Crippen LogP contribution in [0.5, 0.6) is 0 Å². The first kappa shape index (κ1) is 28.7. The molecule has 0 unspecified atom stereocenters. The van der Waals surface area contributed by atoms with E-state index in [0.717, 1.165) is 6.07 Å². The predicted octanol–water partition coefficient (Wildman–Crippen LogP) is 4.11. The van der Waals surface area contributed by atoms with Crippen molar-refractivity contribution in [2.45, 2.75) is 24.9 Å². The van der Waals surface area contributed by atoms with Gasteiger partial charge in [-0.3, -0.25) is 14.3 Å². The maximum Gasteiger partial charge on any atom is 0.416 e. The smallest absolute Gasteiger partial charge is 0.358 e. The molecule has 1 fully saturated rings. The van der Waals surface area contributed by atoms with Gasteiger partial charge in [0.1, 0.15) is 6.04 Å². The van der Waals surface area contributed by atoms with E-state index in [0.29, 0.717) is 52.2 Å². The lowest BCUT2D eigenvalue weighted by molar-refractivity contribution is -0.143. The predicted molar refractivity (Wildman–Crippen MR) is 141 cm³/mol. The summed E-state index contributed by atoms with van der Waals surface area (Å²) in [5.74, 6) is -0.597. The quantitative estimate of drug-likeness (QED) is 0.348. The zero-order chi connectivity index (χ0) is 29.5. The molecule has 1 aromatic heterocycles. The average molecular weight is 597 g/mol. The van der Waals surface area contributed by atoms with Gasteiger partial charge in [-0.15, -0.1) is 0 Å². The molecule has 3 heterocycles. The highest BCUT2D eigenvalue weighted by atomic mass is 32.2. The number of amides is 2. The summed E-state index contributed by atoms with van der Waals surface area (Å²) < 4.78 is 81.1. The monoisotopic (exact) mass is 596 g/mol. The molecule has 41 heavy (non-hydrogen) atoms. The minimum Gasteiger partial charge on any atom is -0.358 e. The van der Waals surface area contributed by atoms with Gasteiger partial charge in [-0.2, -0.15) is 36.4 Å². The number of nitrogens with zero attached hydrogens (tertiary/aromatic N) is 4. The molecule has 1 saturated heterocycles. The lowest BCUT2D eigenvalue weighted by Crippen LogP contribution is -2.57. The van der Waals surface area contributed by atoms with Crippen molar-refractivity contribution in [1.29, 1.82) is 0 Å². The minimum atomic E-state index is -4.99. The van der Waals surface area contributed by atoms with Crippen molar-refractivity contribution in [2.24, 2.45) is 4.99 Å². The normalized spacial score (nSPS) is 19.2. The van der Waals surface area contributed by atoms with E-state index in [-0.39, 0.29) is 17.5 Å². The summed E-state index contributed by atoms with van der Waals surface area (Å²) in [7, 11) is 1.55. The van der Waals surface area contributed by atoms with Crippen molar-refractivity contribution in [3.8, 4) is 0 Å². The van der Waals surface area contributed by atoms with Gasteiger partial charge in [-0.05, 0) is 53.2 Å². The summed E-state index contributed by atoms with van der Waals surface area (Å²) in [6, 6.07) is 6.07. The third-order valence-corrected chi connectivity index (χ3v) is 7.69. The number of nitrogens with one attached hydrogen (secondary N) is 2. The first-order valence-corrected chi connectivity index (χ1v) is 13.1. The maximum atomic E-state index is 13.6. The van der Waals surface area contributed by atoms with Crippen LogP contribution in [0.25, 0.3) is 17.0 Å². The van der Waals surface area contributed by atoms with Crippen LogP contribution in [0, 0.1) is 0 Å². The van der Waals surface area contributed by atoms with Gasteiger partial charge in [-0.1, -0.05) is 12.1 Å². The van der Waals surface area contributed by atoms with Crippen LogP contribution in [-0.4, -0.2) is 64.4 Å². The summed E-state index contributed by atoms with van der Waals surface area (Å²) in [4.78, 5) is 31.0. The molecular weight excluding hydrogens is 574 g/mol. The number of hydrogen-bond acceptors (Lipinski definition) is 6. The van der Waals surface area contributed by atoms with Crippen molar-refractivity contribution in [3.05, 3.63) is 69.8 Å². The molecule has 5 rings (SSSR count). The zero-order valence-corrected chi connectivity index (χ0v) is 22.1. The van der Waals surface area contributed by atoms with Gasteiger partial charge in [-0.25, -0.2) is 0 Å². The van der Waals surface area contributed by atoms with E-state index in [2.05, 4.69) is 20.7 Å². The number of likely N-dealkylation sites (N-methyl/N-ethyl adjacent to an activating group) is 1. The second-order valence-corrected chi connectivity index (χ2v) is 10.4. The van der Waals surface area contributed by atoms with E-state index in [1.807, 2.05) is 4.90 Å². The van der Waals surface area contributed by atoms with Gasteiger partial charge in [0, 0.05) is 32.1 Å². The zero-order valence-electron chi connectivity index (χ0n) is 21.3. The van der Waals surface area contributed by atoms with Gasteiger partial charge in [0.2, 0.25) is 5.91 Å². The van der Waals surface area contributed by atoms with Crippen molar-refractivity contribution in [2.75, 3.05) is 26.7 Å². The number of hydrogen-bond donors (Lipinski definition) is 2. The van der Waals surface area contributed by atoms with E-state index >= 15 is 0 Å². The largest absolute Gasteiger partial charge is 0.416 e. The Bertz CT molecular complexity index is 1580. The number of carbonyl (C=O) groups excluding carboxylic acids is 2. The number of benzene rings is 2. The van der Waals surface area contributed by atoms with Gasteiger partial charge in [0.05, 0.1) is 34.3 Å². The molecule has 0 spiro atoms. The number of piperazine rings is 1. The van der Waals surface area contributed by atoms with Crippen LogP contribution in [0.4, 0.5) is 26.3 Å². The number of aromatic nitrogens is 2. The van der Waals surface area contributed by atoms with Crippen molar-refractivity contribution in [3.63, 3.8) is 0 Å². The van der Waals surface area contributed by atoms with Crippen LogP contribution in [0.3, 0.4) is 0 Å². The molecule has 0 aliphatic carbocycles. The number of fused-ring (bicyclic) bond motifs is 1. The molecule has 2 amide bonds. The van der Waals surface area contributed by atoms with Crippen molar-refractivity contribution in [1.82, 2.24) is 25.3 Å². The summed E-state index contributed by atoms with van der Waals surface area (Å²) >= 11 is 1.18. The maximum absolute atomic E-state index is 13.6. The fourth-order valence-corrected chi connectivity index (χ4v) is 5.54. The van der Waals surface area contributed by atoms with E-state index in [1.54, 1.807) is 31.3 Å². The van der Waals surface area contributed by atoms with Gasteiger partial charge >= 0.3 is 12.4 Å². The Morgan fingerprint density at radius 2 is 1.93 bits per heavy atom. The van der Waals surface area contributed by atoms with Crippen LogP contribution < -0.4 is 10.6 Å². The Morgan fingerprint density at radius 3 is 2.63 bits per heavy atom. The number of halogens is 6. The van der Waals surface area contributed by atoms with Crippen molar-refractivity contribution < 1.29 is 35.9 Å². The van der Waals surface area contributed by atoms with Gasteiger partial charge in [0.25, 0.3) is 5.91 Å². The number of amidine groups is 1. The molecular formula is C26H22F6N6O2S. The van der Waals surface area contributed by atoms with Crippen LogP contribution in [-0.2, 0) is 28.5 Å². The Hall–Kier alpha value is -3.85. The molecule has 2 N–H and O–H groups in total. The first-order chi connectivity index (χ1) is 19.3. The number of aliphatic imine (C=N–C) groups is 1. The summed E-state index contributed by atoms with van der Waals surface area (Å²) in [5.41, 5.74) is -2.03. The summed E-state index contributed by atoms with van der Waals surface area (Å²) in [6.07, 6.45) is -6.83. The molecule has 2 aliphatic heterocycles. The van der Waals surface area contributed by atoms with Crippen LogP contribution in [0.1, 0.15) is 22.3 Å². The molecule has 2 aromatic carbocycles. The van der Waals surface area contributed by atoms with Crippen LogP contribution in [0.2, 0.25) is 0 Å². The SMILES string of the molecule is CNC(=O)[C@H]1CN(C2=NC(=O)/C(=C\c3ccc4c(cnn4Cc4ccc(C(F)(F)F)cc4C(F)(F)F)c3)S2)CCN1. The van der Waals surface area contributed by atoms with Crippen LogP contribution in [0.15, 0.2) is 52.5 Å². The molecule has 1 atom stereocenters. The lowest BCUT2D eigenvalue weighted by atomic mass is 10.0. The number of rotatable bonds is 4. The van der Waals surface area contributed by atoms with E-state index < -0.39 is 42.0 Å². The molecule has 3 aromatic rings. The van der Waals surface area contributed by atoms with E-state index in [4.69, 9.17) is 0 Å². The Morgan fingerprint density at radius 1 is 1.15 bits per heavy atom. The Balaban J connectivity index is 1.35. The third-order valence-electron chi connectivity index (χ3n) is 6.64. The number of alkyl halides is 6. The van der Waals surface area contributed by atoms with E-state index in [1.165, 1.54) is 22.6 Å². The fourth-order valence-electron chi connectivity index (χ4n) is 4.60. The van der Waals surface area contributed by atoms with E-state index in [9.17, 15) is 35.9 Å². The number of carbonyl (C=O) groups is 2. The highest BCUT2D eigenvalue weighted by molar-refractivity contribution is 8.18. The molecule has 8 nitrogen and oxygen atoms in total. The number of thioether (sulfide) groups is 1. The molecule has 15 heteroatoms. The second-order valence-electron chi connectivity index (χ2n) is 9.37. The average Bonchev–Trinajstić information content (AvgIpc) is 3.49. The van der Waals surface area contributed by atoms with Gasteiger partial charge in [0.15, 0.2) is 5.17 Å². The Kier molecular flexibility index (Phi) is 7.59. The molecule has 216 valence electrons. The third kappa shape index (κ3) is 6.10. The minimum absolute atomic E-state index is 0.108. The van der Waals surface area contributed by atoms with Crippen LogP contribution >= 0.6 is 11.8 Å².